The van der Waals surface area contributed by atoms with Crippen LogP contribution in [0.4, 0.5) is 17.1 Å². The first-order chi connectivity index (χ1) is 16.6. The normalized spacial score (nSPS) is 11.9. The third-order valence-electron chi connectivity index (χ3n) is 5.21. The number of amides is 3. The number of aryl methyl sites for hydroxylation is 3. The van der Waals surface area contributed by atoms with Crippen molar-refractivity contribution in [1.29, 1.82) is 0 Å². The van der Waals surface area contributed by atoms with E-state index < -0.39 is 5.91 Å². The van der Waals surface area contributed by atoms with Gasteiger partial charge in [-0.3, -0.25) is 19.4 Å². The molecule has 13 nitrogen and oxygen atoms in total. The van der Waals surface area contributed by atoms with Crippen molar-refractivity contribution in [3.63, 3.8) is 0 Å². The Labute approximate surface area is 202 Å². The van der Waals surface area contributed by atoms with Crippen LogP contribution in [0.5, 0.6) is 0 Å². The second-order valence-electron chi connectivity index (χ2n) is 8.13. The molecule has 0 aliphatic heterocycles. The number of rotatable bonds is 9. The number of hydrogen-bond acceptors (Lipinski definition) is 6. The van der Waals surface area contributed by atoms with Crippen molar-refractivity contribution >= 4 is 41.1 Å². The number of nitrogens with two attached hydrogens (primary N) is 2. The third kappa shape index (κ3) is 6.09. The van der Waals surface area contributed by atoms with Gasteiger partial charge in [0.2, 0.25) is 0 Å². The third-order valence-corrected chi connectivity index (χ3v) is 5.21. The summed E-state index contributed by atoms with van der Waals surface area (Å²) in [5.41, 5.74) is 10.5. The van der Waals surface area contributed by atoms with Crippen molar-refractivity contribution in [3.8, 4) is 0 Å². The lowest BCUT2D eigenvalue weighted by molar-refractivity contribution is 0.0942. The van der Waals surface area contributed by atoms with Crippen LogP contribution in [-0.4, -0.2) is 50.3 Å². The Morgan fingerprint density at radius 2 is 1.37 bits per heavy atom. The molecule has 13 heteroatoms. The number of aliphatic imine (C=N–C) groups is 1. The number of nitrogens with one attached hydrogen (secondary N) is 4. The maximum Gasteiger partial charge on any atom is 0.272 e. The van der Waals surface area contributed by atoms with E-state index in [4.69, 9.17) is 11.6 Å². The Kier molecular flexibility index (Phi) is 7.61. The lowest BCUT2D eigenvalue weighted by Crippen LogP contribution is -2.32. The van der Waals surface area contributed by atoms with E-state index in [0.717, 1.165) is 0 Å². The first-order valence-corrected chi connectivity index (χ1v) is 10.7. The lowest BCUT2D eigenvalue weighted by atomic mass is 10.3. The van der Waals surface area contributed by atoms with Gasteiger partial charge in [0.15, 0.2) is 0 Å². The van der Waals surface area contributed by atoms with E-state index in [1.165, 1.54) is 6.34 Å². The zero-order chi connectivity index (χ0) is 25.7. The molecule has 3 amide bonds. The van der Waals surface area contributed by atoms with Gasteiger partial charge in [0.25, 0.3) is 17.7 Å². The largest absolute Gasteiger partial charge is 0.397 e. The summed E-state index contributed by atoms with van der Waals surface area (Å²) in [6.45, 7) is 2.15. The predicted molar refractivity (Wildman–Crippen MR) is 134 cm³/mol. The van der Waals surface area contributed by atoms with E-state index in [-0.39, 0.29) is 17.9 Å². The van der Waals surface area contributed by atoms with Crippen LogP contribution in [0.1, 0.15) is 38.4 Å². The zero-order valence-electron chi connectivity index (χ0n) is 20.0. The highest BCUT2D eigenvalue weighted by Crippen LogP contribution is 2.19. The van der Waals surface area contributed by atoms with Gasteiger partial charge >= 0.3 is 0 Å². The molecule has 0 radical (unpaired) electrons. The van der Waals surface area contributed by atoms with Crippen molar-refractivity contribution in [1.82, 2.24) is 24.4 Å². The minimum Gasteiger partial charge on any atom is -0.397 e. The van der Waals surface area contributed by atoms with Gasteiger partial charge in [-0.25, -0.2) is 5.84 Å². The standard InChI is InChI=1S/C22H30N10O3/c1-13(26-12-27-24)8-25-20(33)18-6-15(10-31(18)3)29-22(35)19-7-16(11-32(19)4)28-21(34)17-5-14(23)9-30(17)2/h5-7,9-13H,8,23-24H2,1-4H3,(H,25,33)(H,26,27)(H,28,34)(H,29,35). The molecule has 1 unspecified atom stereocenters. The lowest BCUT2D eigenvalue weighted by Gasteiger charge is -2.08. The fourth-order valence-corrected chi connectivity index (χ4v) is 3.48. The van der Waals surface area contributed by atoms with E-state index in [9.17, 15) is 14.4 Å². The molecule has 3 heterocycles. The Morgan fingerprint density at radius 1 is 0.886 bits per heavy atom. The van der Waals surface area contributed by atoms with Crippen LogP contribution < -0.4 is 33.0 Å². The highest BCUT2D eigenvalue weighted by atomic mass is 16.2. The smallest absolute Gasteiger partial charge is 0.272 e. The van der Waals surface area contributed by atoms with Crippen molar-refractivity contribution < 1.29 is 14.4 Å². The predicted octanol–water partition coefficient (Wildman–Crippen LogP) is 0.399. The number of anilines is 3. The number of carbonyl (C=O) groups excluding carboxylic acids is 3. The van der Waals surface area contributed by atoms with Crippen molar-refractivity contribution in [2.24, 2.45) is 32.0 Å². The van der Waals surface area contributed by atoms with Gasteiger partial charge in [0, 0.05) is 46.3 Å². The summed E-state index contributed by atoms with van der Waals surface area (Å²) in [5, 5.41) is 8.33. The van der Waals surface area contributed by atoms with Crippen molar-refractivity contribution in [2.75, 3.05) is 22.9 Å². The zero-order valence-corrected chi connectivity index (χ0v) is 20.0. The first kappa shape index (κ1) is 25.1. The van der Waals surface area contributed by atoms with E-state index in [1.807, 2.05) is 6.92 Å². The number of hydrogen-bond donors (Lipinski definition) is 6. The number of nitrogen functional groups attached to an aromatic ring is 1. The van der Waals surface area contributed by atoms with E-state index in [0.29, 0.717) is 40.7 Å². The summed E-state index contributed by atoms with van der Waals surface area (Å²) in [6, 6.07) is 4.54. The molecule has 1 atom stereocenters. The minimum atomic E-state index is -0.397. The number of nitrogens with zero attached hydrogens (tertiary/aromatic N) is 4. The van der Waals surface area contributed by atoms with Crippen LogP contribution in [0.15, 0.2) is 41.8 Å². The maximum absolute atomic E-state index is 12.9. The molecule has 0 saturated carbocycles. The van der Waals surface area contributed by atoms with Gasteiger partial charge in [-0.1, -0.05) is 0 Å². The SMILES string of the molecule is CC(CNC(=O)c1cc(NC(=O)c2cc(NC(=O)c3cc(N)cn3C)cn2C)cn1C)N=CNN. The average molecular weight is 483 g/mol. The van der Waals surface area contributed by atoms with E-state index >= 15 is 0 Å². The van der Waals surface area contributed by atoms with Crippen LogP contribution >= 0.6 is 0 Å². The molecule has 186 valence electrons. The Balaban J connectivity index is 1.64. The molecule has 0 aliphatic carbocycles. The summed E-state index contributed by atoms with van der Waals surface area (Å²) in [5.74, 6) is 4.09. The fourth-order valence-electron chi connectivity index (χ4n) is 3.48. The topological polar surface area (TPSA) is 179 Å². The van der Waals surface area contributed by atoms with Gasteiger partial charge in [0.05, 0.1) is 29.4 Å². The second kappa shape index (κ2) is 10.6. The summed E-state index contributed by atoms with van der Waals surface area (Å²) < 4.78 is 4.83. The quantitative estimate of drug-likeness (QED) is 0.111. The average Bonchev–Trinajstić information content (AvgIpc) is 3.46. The molecule has 8 N–H and O–H groups in total. The molecule has 35 heavy (non-hydrogen) atoms. The highest BCUT2D eigenvalue weighted by molar-refractivity contribution is 6.07. The molecule has 0 fully saturated rings. The molecule has 0 spiro atoms. The van der Waals surface area contributed by atoms with E-state index in [1.54, 1.807) is 71.6 Å². The van der Waals surface area contributed by atoms with Crippen LogP contribution in [0, 0.1) is 0 Å². The van der Waals surface area contributed by atoms with Crippen LogP contribution in [0.3, 0.4) is 0 Å². The Morgan fingerprint density at radius 3 is 1.86 bits per heavy atom. The molecule has 3 aromatic rings. The molecule has 0 aliphatic rings. The summed E-state index contributed by atoms with van der Waals surface area (Å²) >= 11 is 0. The first-order valence-electron chi connectivity index (χ1n) is 10.7. The molecule has 0 aromatic carbocycles. The molecule has 0 saturated heterocycles. The maximum atomic E-state index is 12.9. The Bertz CT molecular complexity index is 1270. The molecule has 3 aromatic heterocycles. The molecular weight excluding hydrogens is 452 g/mol. The van der Waals surface area contributed by atoms with Gasteiger partial charge in [-0.05, 0) is 25.1 Å². The van der Waals surface area contributed by atoms with Crippen LogP contribution in [0.25, 0.3) is 0 Å². The number of aromatic nitrogens is 3. The monoisotopic (exact) mass is 482 g/mol. The van der Waals surface area contributed by atoms with Crippen LogP contribution in [-0.2, 0) is 21.1 Å². The molecular formula is C22H30N10O3. The van der Waals surface area contributed by atoms with Crippen molar-refractivity contribution in [3.05, 3.63) is 53.9 Å². The highest BCUT2D eigenvalue weighted by Gasteiger charge is 2.18. The van der Waals surface area contributed by atoms with E-state index in [2.05, 4.69) is 26.4 Å². The van der Waals surface area contributed by atoms with Gasteiger partial charge < -0.3 is 40.8 Å². The summed E-state index contributed by atoms with van der Waals surface area (Å²) in [6.07, 6.45) is 6.26. The second-order valence-corrected chi connectivity index (χ2v) is 8.13. The molecule has 3 rings (SSSR count). The molecule has 0 bridgehead atoms. The summed E-state index contributed by atoms with van der Waals surface area (Å²) in [7, 11) is 5.12. The van der Waals surface area contributed by atoms with Gasteiger partial charge in [0.1, 0.15) is 17.1 Å². The Hall–Kier alpha value is -4.52. The van der Waals surface area contributed by atoms with Gasteiger partial charge in [-0.2, -0.15) is 0 Å². The number of carbonyl (C=O) groups is 3. The summed E-state index contributed by atoms with van der Waals surface area (Å²) in [4.78, 5) is 42.0. The van der Waals surface area contributed by atoms with Crippen LogP contribution in [0.2, 0.25) is 0 Å². The van der Waals surface area contributed by atoms with Gasteiger partial charge in [-0.15, -0.1) is 0 Å². The minimum absolute atomic E-state index is 0.166. The van der Waals surface area contributed by atoms with Crippen molar-refractivity contribution in [2.45, 2.75) is 13.0 Å². The number of hydrazine groups is 1. The fraction of sp³-hybridized carbons (Fsp3) is 0.273.